The van der Waals surface area contributed by atoms with Crippen LogP contribution in [-0.2, 0) is 6.54 Å². The van der Waals surface area contributed by atoms with Crippen LogP contribution in [-0.4, -0.2) is 44.8 Å². The fraction of sp³-hybridized carbons (Fsp3) is 0.500. The maximum Gasteiger partial charge on any atom is 0.255 e. The van der Waals surface area contributed by atoms with Crippen molar-refractivity contribution in [2.75, 3.05) is 13.2 Å². The molecule has 2 aliphatic rings. The molecule has 0 bridgehead atoms. The molecule has 1 aliphatic carbocycles. The van der Waals surface area contributed by atoms with Gasteiger partial charge in [0.25, 0.3) is 5.91 Å². The maximum atomic E-state index is 12.8. The number of likely N-dealkylation sites (tertiary alicyclic amines) is 1. The summed E-state index contributed by atoms with van der Waals surface area (Å²) in [4.78, 5) is 19.0. The largest absolute Gasteiger partial charge is 0.477 e. The number of ether oxygens (including phenoxy) is 1. The molecule has 2 fully saturated rings. The lowest BCUT2D eigenvalue weighted by Crippen LogP contribution is -2.38. The van der Waals surface area contributed by atoms with E-state index in [0.717, 1.165) is 32.5 Å². The second kappa shape index (κ2) is 6.63. The van der Waals surface area contributed by atoms with Crippen molar-refractivity contribution in [2.24, 2.45) is 5.92 Å². The Morgan fingerprint density at radius 2 is 2.21 bits per heavy atom. The quantitative estimate of drug-likeness (QED) is 0.818. The highest BCUT2D eigenvalue weighted by Gasteiger charge is 2.30. The molecule has 24 heavy (non-hydrogen) atoms. The van der Waals surface area contributed by atoms with Crippen LogP contribution in [0.25, 0.3) is 0 Å². The summed E-state index contributed by atoms with van der Waals surface area (Å²) < 4.78 is 7.53. The van der Waals surface area contributed by atoms with Crippen molar-refractivity contribution in [3.8, 4) is 5.88 Å². The Balaban J connectivity index is 1.39. The monoisotopic (exact) mass is 326 g/mol. The molecule has 0 N–H and O–H groups in total. The van der Waals surface area contributed by atoms with Gasteiger partial charge in [-0.25, -0.2) is 4.98 Å². The Labute approximate surface area is 141 Å². The highest BCUT2D eigenvalue weighted by Crippen LogP contribution is 2.29. The molecule has 0 unspecified atom stereocenters. The number of rotatable bonds is 6. The van der Waals surface area contributed by atoms with Crippen molar-refractivity contribution in [1.82, 2.24) is 19.7 Å². The summed E-state index contributed by atoms with van der Waals surface area (Å²) in [6.07, 6.45) is 9.90. The highest BCUT2D eigenvalue weighted by atomic mass is 16.5. The number of pyridine rings is 1. The predicted octanol–water partition coefficient (Wildman–Crippen LogP) is 2.37. The summed E-state index contributed by atoms with van der Waals surface area (Å²) >= 11 is 0. The lowest BCUT2D eigenvalue weighted by atomic mass is 10.2. The average molecular weight is 326 g/mol. The van der Waals surface area contributed by atoms with Crippen LogP contribution in [0.4, 0.5) is 0 Å². The Morgan fingerprint density at radius 3 is 2.92 bits per heavy atom. The van der Waals surface area contributed by atoms with Gasteiger partial charge in [0.1, 0.15) is 0 Å². The minimum Gasteiger partial charge on any atom is -0.477 e. The van der Waals surface area contributed by atoms with Crippen molar-refractivity contribution in [2.45, 2.75) is 38.3 Å². The van der Waals surface area contributed by atoms with Gasteiger partial charge in [-0.2, -0.15) is 5.10 Å². The van der Waals surface area contributed by atoms with E-state index in [2.05, 4.69) is 10.1 Å². The van der Waals surface area contributed by atoms with Gasteiger partial charge in [-0.1, -0.05) is 0 Å². The van der Waals surface area contributed by atoms with Crippen molar-refractivity contribution in [3.05, 3.63) is 42.4 Å². The standard InChI is InChI=1S/C18H22N4O2/c23-18(15-6-7-17(19-11-15)24-13-14-4-5-14)22-10-1-3-16(22)12-21-9-2-8-20-21/h2,6-9,11,14,16H,1,3-5,10,12-13H2/t16-/m0/s1. The molecule has 0 spiro atoms. The smallest absolute Gasteiger partial charge is 0.255 e. The number of amides is 1. The van der Waals surface area contributed by atoms with Crippen molar-refractivity contribution >= 4 is 5.91 Å². The van der Waals surface area contributed by atoms with Gasteiger partial charge in [0.05, 0.1) is 24.8 Å². The number of carbonyl (C=O) groups excluding carboxylic acids is 1. The van der Waals surface area contributed by atoms with Crippen LogP contribution in [0.2, 0.25) is 0 Å². The molecule has 4 rings (SSSR count). The van der Waals surface area contributed by atoms with E-state index in [4.69, 9.17) is 4.74 Å². The van der Waals surface area contributed by atoms with E-state index in [9.17, 15) is 4.79 Å². The molecule has 1 saturated carbocycles. The molecule has 0 radical (unpaired) electrons. The van der Waals surface area contributed by atoms with E-state index in [0.29, 0.717) is 17.4 Å². The van der Waals surface area contributed by atoms with Gasteiger partial charge in [-0.3, -0.25) is 9.48 Å². The van der Waals surface area contributed by atoms with Crippen LogP contribution in [0.3, 0.4) is 0 Å². The van der Waals surface area contributed by atoms with Gasteiger partial charge in [0, 0.05) is 31.2 Å². The Hall–Kier alpha value is -2.37. The number of hydrogen-bond donors (Lipinski definition) is 0. The molecular formula is C18H22N4O2. The number of aromatic nitrogens is 3. The zero-order valence-electron chi connectivity index (χ0n) is 13.7. The molecule has 1 atom stereocenters. The normalized spacial score (nSPS) is 20.3. The molecular weight excluding hydrogens is 304 g/mol. The third-order valence-corrected chi connectivity index (χ3v) is 4.74. The van der Waals surface area contributed by atoms with Crippen molar-refractivity contribution < 1.29 is 9.53 Å². The maximum absolute atomic E-state index is 12.8. The molecule has 1 saturated heterocycles. The first-order chi connectivity index (χ1) is 11.8. The van der Waals surface area contributed by atoms with E-state index in [1.54, 1.807) is 18.5 Å². The van der Waals surface area contributed by atoms with Crippen LogP contribution in [0.1, 0.15) is 36.0 Å². The summed E-state index contributed by atoms with van der Waals surface area (Å²) in [6, 6.07) is 5.73. The number of hydrogen-bond acceptors (Lipinski definition) is 4. The van der Waals surface area contributed by atoms with E-state index < -0.39 is 0 Å². The fourth-order valence-corrected chi connectivity index (χ4v) is 3.16. The number of nitrogens with zero attached hydrogens (tertiary/aromatic N) is 4. The highest BCUT2D eigenvalue weighted by molar-refractivity contribution is 5.94. The fourth-order valence-electron chi connectivity index (χ4n) is 3.16. The second-order valence-electron chi connectivity index (χ2n) is 6.66. The van der Waals surface area contributed by atoms with Crippen LogP contribution < -0.4 is 4.74 Å². The minimum atomic E-state index is 0.0471. The third kappa shape index (κ3) is 3.42. The summed E-state index contributed by atoms with van der Waals surface area (Å²) in [5.41, 5.74) is 0.626. The van der Waals surface area contributed by atoms with E-state index in [1.165, 1.54) is 12.8 Å². The van der Waals surface area contributed by atoms with Gasteiger partial charge in [0.15, 0.2) is 0 Å². The van der Waals surface area contributed by atoms with Gasteiger partial charge < -0.3 is 9.64 Å². The average Bonchev–Trinajstić information content (AvgIpc) is 3.08. The molecule has 6 nitrogen and oxygen atoms in total. The molecule has 2 aromatic rings. The summed E-state index contributed by atoms with van der Waals surface area (Å²) in [5, 5.41) is 4.25. The molecule has 6 heteroatoms. The topological polar surface area (TPSA) is 60.2 Å². The second-order valence-corrected chi connectivity index (χ2v) is 6.66. The van der Waals surface area contributed by atoms with E-state index >= 15 is 0 Å². The molecule has 0 aromatic carbocycles. The van der Waals surface area contributed by atoms with E-state index in [1.807, 2.05) is 27.9 Å². The first-order valence-corrected chi connectivity index (χ1v) is 8.67. The minimum absolute atomic E-state index is 0.0471. The van der Waals surface area contributed by atoms with Crippen LogP contribution in [0.5, 0.6) is 5.88 Å². The van der Waals surface area contributed by atoms with Crippen molar-refractivity contribution in [3.63, 3.8) is 0 Å². The number of carbonyl (C=O) groups is 1. The molecule has 3 heterocycles. The van der Waals surface area contributed by atoms with Crippen LogP contribution in [0.15, 0.2) is 36.8 Å². The SMILES string of the molecule is O=C(c1ccc(OCC2CC2)nc1)N1CCC[C@H]1Cn1cccn1. The first kappa shape index (κ1) is 15.2. The Morgan fingerprint density at radius 1 is 1.29 bits per heavy atom. The lowest BCUT2D eigenvalue weighted by molar-refractivity contribution is 0.0721. The summed E-state index contributed by atoms with van der Waals surface area (Å²) in [5.74, 6) is 1.35. The van der Waals surface area contributed by atoms with Gasteiger partial charge >= 0.3 is 0 Å². The van der Waals surface area contributed by atoms with Gasteiger partial charge in [-0.15, -0.1) is 0 Å². The van der Waals surface area contributed by atoms with Crippen LogP contribution >= 0.6 is 0 Å². The first-order valence-electron chi connectivity index (χ1n) is 8.67. The molecule has 1 aliphatic heterocycles. The van der Waals surface area contributed by atoms with Crippen LogP contribution in [0, 0.1) is 5.92 Å². The third-order valence-electron chi connectivity index (χ3n) is 4.74. The zero-order chi connectivity index (χ0) is 16.4. The molecule has 126 valence electrons. The lowest BCUT2D eigenvalue weighted by Gasteiger charge is -2.24. The summed E-state index contributed by atoms with van der Waals surface area (Å²) in [6.45, 7) is 2.28. The van der Waals surface area contributed by atoms with Gasteiger partial charge in [-0.05, 0) is 43.7 Å². The Bertz CT molecular complexity index is 680. The van der Waals surface area contributed by atoms with Crippen molar-refractivity contribution in [1.29, 1.82) is 0 Å². The van der Waals surface area contributed by atoms with Gasteiger partial charge in [0.2, 0.25) is 5.88 Å². The predicted molar refractivity (Wildman–Crippen MR) is 88.7 cm³/mol. The zero-order valence-corrected chi connectivity index (χ0v) is 13.7. The molecule has 1 amide bonds. The van der Waals surface area contributed by atoms with E-state index in [-0.39, 0.29) is 11.9 Å². The molecule has 2 aromatic heterocycles. The Kier molecular flexibility index (Phi) is 4.19. The summed E-state index contributed by atoms with van der Waals surface area (Å²) in [7, 11) is 0.